The molecule has 0 bridgehead atoms. The third-order valence-corrected chi connectivity index (χ3v) is 4.65. The van der Waals surface area contributed by atoms with Crippen LogP contribution < -0.4 is 5.73 Å². The molecule has 4 atom stereocenters. The molecule has 2 aliphatic heterocycles. The zero-order valence-electron chi connectivity index (χ0n) is 11.8. The molecule has 0 aromatic carbocycles. The fraction of sp³-hybridized carbons (Fsp3) is 0.923. The van der Waals surface area contributed by atoms with Gasteiger partial charge in [-0.15, -0.1) is 0 Å². The molecule has 0 aliphatic carbocycles. The van der Waals surface area contributed by atoms with E-state index < -0.39 is 5.41 Å². The maximum Gasteiger partial charge on any atom is 0.232 e. The Kier molecular flexibility index (Phi) is 3.67. The Morgan fingerprint density at radius 3 is 2.33 bits per heavy atom. The molecule has 0 radical (unpaired) electrons. The molecule has 0 spiro atoms. The van der Waals surface area contributed by atoms with Crippen LogP contribution in [0.15, 0.2) is 0 Å². The van der Waals surface area contributed by atoms with Crippen LogP contribution in [0.5, 0.6) is 0 Å². The molecule has 18 heavy (non-hydrogen) atoms. The van der Waals surface area contributed by atoms with Gasteiger partial charge in [-0.3, -0.25) is 9.69 Å². The fourth-order valence-corrected chi connectivity index (χ4v) is 2.84. The fourth-order valence-electron chi connectivity index (χ4n) is 2.84. The summed E-state index contributed by atoms with van der Waals surface area (Å²) in [7, 11) is 2.11. The van der Waals surface area contributed by atoms with Crippen molar-refractivity contribution in [1.82, 2.24) is 9.80 Å². The maximum atomic E-state index is 12.7. The van der Waals surface area contributed by atoms with E-state index in [0.717, 1.165) is 13.1 Å². The second-order valence-corrected chi connectivity index (χ2v) is 6.11. The minimum absolute atomic E-state index is 0.152. The van der Waals surface area contributed by atoms with Gasteiger partial charge < -0.3 is 15.4 Å². The Morgan fingerprint density at radius 2 is 1.89 bits per heavy atom. The summed E-state index contributed by atoms with van der Waals surface area (Å²) >= 11 is 0. The van der Waals surface area contributed by atoms with Crippen LogP contribution in [0.4, 0.5) is 0 Å². The molecule has 2 aliphatic rings. The van der Waals surface area contributed by atoms with E-state index in [0.29, 0.717) is 25.3 Å². The van der Waals surface area contributed by atoms with Crippen LogP contribution in [0, 0.1) is 5.41 Å². The van der Waals surface area contributed by atoms with Gasteiger partial charge in [-0.05, 0) is 27.8 Å². The molecule has 0 aromatic rings. The topological polar surface area (TPSA) is 58.8 Å². The van der Waals surface area contributed by atoms with Gasteiger partial charge in [-0.2, -0.15) is 0 Å². The summed E-state index contributed by atoms with van der Waals surface area (Å²) in [4.78, 5) is 17.0. The van der Waals surface area contributed by atoms with E-state index in [2.05, 4.69) is 25.8 Å². The van der Waals surface area contributed by atoms with Crippen molar-refractivity contribution < 1.29 is 9.53 Å². The van der Waals surface area contributed by atoms with Crippen molar-refractivity contribution in [3.63, 3.8) is 0 Å². The lowest BCUT2D eigenvalue weighted by atomic mass is 9.83. The number of nitrogens with two attached hydrogens (primary N) is 1. The SMILES string of the molecule is CC1CN(C(=O)C2(C)COCC2N)CC(C)N1C. The van der Waals surface area contributed by atoms with Crippen LogP contribution in [-0.4, -0.2) is 67.2 Å². The van der Waals surface area contributed by atoms with E-state index in [-0.39, 0.29) is 11.9 Å². The molecule has 2 saturated heterocycles. The smallest absolute Gasteiger partial charge is 0.232 e. The molecule has 5 nitrogen and oxygen atoms in total. The normalized spacial score (nSPS) is 42.3. The summed E-state index contributed by atoms with van der Waals surface area (Å²) in [5, 5.41) is 0. The number of carbonyl (C=O) groups is 1. The third-order valence-electron chi connectivity index (χ3n) is 4.65. The number of likely N-dealkylation sites (N-methyl/N-ethyl adjacent to an activating group) is 1. The highest BCUT2D eigenvalue weighted by atomic mass is 16.5. The summed E-state index contributed by atoms with van der Waals surface area (Å²) in [6.45, 7) is 8.74. The Bertz CT molecular complexity index is 324. The highest BCUT2D eigenvalue weighted by molar-refractivity contribution is 5.84. The van der Waals surface area contributed by atoms with Crippen LogP contribution in [0.1, 0.15) is 20.8 Å². The number of nitrogens with zero attached hydrogens (tertiary/aromatic N) is 2. The van der Waals surface area contributed by atoms with Crippen molar-refractivity contribution in [3.05, 3.63) is 0 Å². The van der Waals surface area contributed by atoms with Gasteiger partial charge in [-0.1, -0.05) is 0 Å². The van der Waals surface area contributed by atoms with E-state index in [1.807, 2.05) is 11.8 Å². The van der Waals surface area contributed by atoms with Crippen LogP contribution in [0.25, 0.3) is 0 Å². The first-order chi connectivity index (χ1) is 8.36. The quantitative estimate of drug-likeness (QED) is 0.711. The highest BCUT2D eigenvalue weighted by Crippen LogP contribution is 2.30. The summed E-state index contributed by atoms with van der Waals surface area (Å²) in [6.07, 6.45) is 0. The van der Waals surface area contributed by atoms with Crippen molar-refractivity contribution >= 4 is 5.91 Å². The molecule has 4 unspecified atom stereocenters. The molecule has 0 aromatic heterocycles. The van der Waals surface area contributed by atoms with Crippen LogP contribution in [0.2, 0.25) is 0 Å². The molecule has 2 rings (SSSR count). The average Bonchev–Trinajstić information content (AvgIpc) is 2.66. The van der Waals surface area contributed by atoms with Gasteiger partial charge in [-0.25, -0.2) is 0 Å². The Balaban J connectivity index is 2.10. The first-order valence-corrected chi connectivity index (χ1v) is 6.71. The first kappa shape index (κ1) is 13.8. The van der Waals surface area contributed by atoms with Gasteiger partial charge in [0, 0.05) is 31.2 Å². The van der Waals surface area contributed by atoms with Gasteiger partial charge in [0.05, 0.1) is 18.6 Å². The van der Waals surface area contributed by atoms with Crippen LogP contribution in [0.3, 0.4) is 0 Å². The number of ether oxygens (including phenoxy) is 1. The molecule has 0 saturated carbocycles. The molecule has 104 valence electrons. The zero-order chi connectivity index (χ0) is 13.5. The number of hydrogen-bond acceptors (Lipinski definition) is 4. The van der Waals surface area contributed by atoms with Gasteiger partial charge in [0.1, 0.15) is 0 Å². The maximum absolute atomic E-state index is 12.7. The summed E-state index contributed by atoms with van der Waals surface area (Å²) in [5.41, 5.74) is 5.49. The number of carbonyl (C=O) groups excluding carboxylic acids is 1. The van der Waals surface area contributed by atoms with Crippen molar-refractivity contribution in [2.75, 3.05) is 33.4 Å². The van der Waals surface area contributed by atoms with E-state index in [1.54, 1.807) is 0 Å². The minimum Gasteiger partial charge on any atom is -0.379 e. The van der Waals surface area contributed by atoms with Crippen molar-refractivity contribution in [3.8, 4) is 0 Å². The molecule has 2 fully saturated rings. The standard InChI is InChI=1S/C13H25N3O2/c1-9-5-16(6-10(2)15(9)4)12(17)13(3)8-18-7-11(13)14/h9-11H,5-8,14H2,1-4H3. The summed E-state index contributed by atoms with van der Waals surface area (Å²) in [5.74, 6) is 0.152. The Morgan fingerprint density at radius 1 is 1.33 bits per heavy atom. The number of amides is 1. The van der Waals surface area contributed by atoms with Crippen molar-refractivity contribution in [2.45, 2.75) is 38.9 Å². The second kappa shape index (κ2) is 4.79. The van der Waals surface area contributed by atoms with Gasteiger partial charge >= 0.3 is 0 Å². The van der Waals surface area contributed by atoms with Gasteiger partial charge in [0.15, 0.2) is 0 Å². The predicted molar refractivity (Wildman–Crippen MR) is 70.2 cm³/mol. The Labute approximate surface area is 109 Å². The zero-order valence-corrected chi connectivity index (χ0v) is 11.8. The molecule has 2 heterocycles. The average molecular weight is 255 g/mol. The lowest BCUT2D eigenvalue weighted by Crippen LogP contribution is -2.61. The second-order valence-electron chi connectivity index (χ2n) is 6.11. The molecular weight excluding hydrogens is 230 g/mol. The van der Waals surface area contributed by atoms with E-state index in [1.165, 1.54) is 0 Å². The lowest BCUT2D eigenvalue weighted by molar-refractivity contribution is -0.145. The molecule has 1 amide bonds. The lowest BCUT2D eigenvalue weighted by Gasteiger charge is -2.45. The Hall–Kier alpha value is -0.650. The summed E-state index contributed by atoms with van der Waals surface area (Å²) in [6, 6.07) is 0.593. The van der Waals surface area contributed by atoms with Crippen molar-refractivity contribution in [2.24, 2.45) is 11.1 Å². The molecule has 5 heteroatoms. The molecular formula is C13H25N3O2. The minimum atomic E-state index is -0.546. The van der Waals surface area contributed by atoms with E-state index >= 15 is 0 Å². The van der Waals surface area contributed by atoms with Crippen molar-refractivity contribution in [1.29, 1.82) is 0 Å². The first-order valence-electron chi connectivity index (χ1n) is 6.71. The van der Waals surface area contributed by atoms with Gasteiger partial charge in [0.25, 0.3) is 0 Å². The third kappa shape index (κ3) is 2.15. The number of piperazine rings is 1. The predicted octanol–water partition coefficient (Wildman–Crippen LogP) is -0.0988. The number of rotatable bonds is 1. The van der Waals surface area contributed by atoms with Crippen LogP contribution >= 0.6 is 0 Å². The summed E-state index contributed by atoms with van der Waals surface area (Å²) < 4.78 is 5.38. The van der Waals surface area contributed by atoms with E-state index in [4.69, 9.17) is 10.5 Å². The van der Waals surface area contributed by atoms with Crippen LogP contribution in [-0.2, 0) is 9.53 Å². The van der Waals surface area contributed by atoms with E-state index in [9.17, 15) is 4.79 Å². The monoisotopic (exact) mass is 255 g/mol. The number of hydrogen-bond donors (Lipinski definition) is 1. The molecule has 2 N–H and O–H groups in total. The van der Waals surface area contributed by atoms with Gasteiger partial charge in [0.2, 0.25) is 5.91 Å². The highest BCUT2D eigenvalue weighted by Gasteiger charge is 2.47. The largest absolute Gasteiger partial charge is 0.379 e.